The molecular formula is C14H15N3OS. The lowest BCUT2D eigenvalue weighted by Gasteiger charge is -2.20. The van der Waals surface area contributed by atoms with Gasteiger partial charge in [-0.15, -0.1) is 0 Å². The number of hydrogen-bond donors (Lipinski definition) is 0. The Balaban J connectivity index is 2.03. The van der Waals surface area contributed by atoms with Crippen LogP contribution in [0.4, 0.5) is 5.69 Å². The van der Waals surface area contributed by atoms with Crippen LogP contribution >= 0.6 is 11.8 Å². The summed E-state index contributed by atoms with van der Waals surface area (Å²) in [5.74, 6) is 0.0312. The molecule has 0 aliphatic carbocycles. The molecule has 5 heteroatoms. The number of aromatic nitrogens is 2. The Morgan fingerprint density at radius 3 is 2.42 bits per heavy atom. The molecule has 0 saturated heterocycles. The highest BCUT2D eigenvalue weighted by atomic mass is 32.2. The van der Waals surface area contributed by atoms with Crippen LogP contribution in [0.2, 0.25) is 0 Å². The smallest absolute Gasteiger partial charge is 0.240 e. The zero-order valence-electron chi connectivity index (χ0n) is 10.9. The van der Waals surface area contributed by atoms with E-state index in [1.807, 2.05) is 37.3 Å². The first-order valence-corrected chi connectivity index (χ1v) is 6.83. The van der Waals surface area contributed by atoms with Gasteiger partial charge in [0.25, 0.3) is 0 Å². The summed E-state index contributed by atoms with van der Waals surface area (Å²) in [6.45, 7) is 1.86. The highest BCUT2D eigenvalue weighted by molar-refractivity contribution is 8.00. The normalized spacial score (nSPS) is 11.9. The van der Waals surface area contributed by atoms with E-state index >= 15 is 0 Å². The number of carbonyl (C=O) groups excluding carboxylic acids is 1. The van der Waals surface area contributed by atoms with Crippen molar-refractivity contribution >= 4 is 23.4 Å². The number of hydrogen-bond acceptors (Lipinski definition) is 4. The van der Waals surface area contributed by atoms with E-state index < -0.39 is 0 Å². The van der Waals surface area contributed by atoms with Crippen molar-refractivity contribution in [1.29, 1.82) is 0 Å². The van der Waals surface area contributed by atoms with E-state index in [0.29, 0.717) is 5.16 Å². The zero-order chi connectivity index (χ0) is 13.7. The Kier molecular flexibility index (Phi) is 4.52. The second-order valence-electron chi connectivity index (χ2n) is 4.02. The molecule has 0 radical (unpaired) electrons. The number of thioether (sulfide) groups is 1. The van der Waals surface area contributed by atoms with E-state index in [1.165, 1.54) is 11.8 Å². The molecule has 0 aliphatic rings. The monoisotopic (exact) mass is 273 g/mol. The van der Waals surface area contributed by atoms with Crippen molar-refractivity contribution in [2.45, 2.75) is 17.3 Å². The average molecular weight is 273 g/mol. The number of anilines is 1. The maximum Gasteiger partial charge on any atom is 0.240 e. The van der Waals surface area contributed by atoms with Gasteiger partial charge in [-0.05, 0) is 25.1 Å². The van der Waals surface area contributed by atoms with Crippen molar-refractivity contribution in [2.75, 3.05) is 11.9 Å². The van der Waals surface area contributed by atoms with Gasteiger partial charge in [-0.25, -0.2) is 9.97 Å². The van der Waals surface area contributed by atoms with Crippen molar-refractivity contribution in [2.24, 2.45) is 0 Å². The van der Waals surface area contributed by atoms with Gasteiger partial charge in [-0.3, -0.25) is 4.79 Å². The number of amides is 1. The summed E-state index contributed by atoms with van der Waals surface area (Å²) in [6.07, 6.45) is 3.35. The van der Waals surface area contributed by atoms with Crippen LogP contribution in [0.3, 0.4) is 0 Å². The molecule has 19 heavy (non-hydrogen) atoms. The maximum atomic E-state index is 12.3. The number of carbonyl (C=O) groups is 1. The second kappa shape index (κ2) is 6.33. The fourth-order valence-electron chi connectivity index (χ4n) is 1.61. The molecule has 4 nitrogen and oxygen atoms in total. The van der Waals surface area contributed by atoms with Gasteiger partial charge in [0.2, 0.25) is 5.91 Å². The number of benzene rings is 1. The lowest BCUT2D eigenvalue weighted by molar-refractivity contribution is -0.117. The molecule has 0 fully saturated rings. The van der Waals surface area contributed by atoms with Gasteiger partial charge in [0.15, 0.2) is 5.16 Å². The molecule has 0 N–H and O–H groups in total. The minimum atomic E-state index is -0.229. The Morgan fingerprint density at radius 1 is 1.16 bits per heavy atom. The van der Waals surface area contributed by atoms with Crippen molar-refractivity contribution < 1.29 is 4.79 Å². The highest BCUT2D eigenvalue weighted by Gasteiger charge is 2.20. The van der Waals surface area contributed by atoms with Crippen LogP contribution in [0.25, 0.3) is 0 Å². The molecular weight excluding hydrogens is 258 g/mol. The average Bonchev–Trinajstić information content (AvgIpc) is 2.47. The molecule has 1 unspecified atom stereocenters. The Hall–Kier alpha value is -1.88. The summed E-state index contributed by atoms with van der Waals surface area (Å²) in [4.78, 5) is 22.2. The van der Waals surface area contributed by atoms with Crippen LogP contribution in [-0.4, -0.2) is 28.2 Å². The van der Waals surface area contributed by atoms with Crippen LogP contribution in [0.5, 0.6) is 0 Å². The van der Waals surface area contributed by atoms with E-state index in [9.17, 15) is 4.79 Å². The summed E-state index contributed by atoms with van der Waals surface area (Å²) < 4.78 is 0. The van der Waals surface area contributed by atoms with Gasteiger partial charge in [0, 0.05) is 25.1 Å². The molecule has 1 amide bonds. The van der Waals surface area contributed by atoms with Crippen LogP contribution in [-0.2, 0) is 4.79 Å². The largest absolute Gasteiger partial charge is 0.315 e. The zero-order valence-corrected chi connectivity index (χ0v) is 11.7. The molecule has 2 aromatic rings. The Labute approximate surface area is 116 Å². The number of para-hydroxylation sites is 1. The fraction of sp³-hybridized carbons (Fsp3) is 0.214. The molecule has 1 aromatic heterocycles. The van der Waals surface area contributed by atoms with Gasteiger partial charge in [0.05, 0.1) is 5.25 Å². The lowest BCUT2D eigenvalue weighted by atomic mass is 10.3. The van der Waals surface area contributed by atoms with Crippen molar-refractivity contribution in [3.8, 4) is 0 Å². The molecule has 98 valence electrons. The SMILES string of the molecule is CC(Sc1ncccn1)C(=O)N(C)c1ccccc1. The summed E-state index contributed by atoms with van der Waals surface area (Å²) in [6, 6.07) is 11.3. The van der Waals surface area contributed by atoms with E-state index in [1.54, 1.807) is 30.4 Å². The minimum Gasteiger partial charge on any atom is -0.315 e. The van der Waals surface area contributed by atoms with Crippen molar-refractivity contribution in [3.05, 3.63) is 48.8 Å². The molecule has 1 atom stereocenters. The fourth-order valence-corrected chi connectivity index (χ4v) is 2.42. The van der Waals surface area contributed by atoms with E-state index in [-0.39, 0.29) is 11.2 Å². The predicted octanol–water partition coefficient (Wildman–Crippen LogP) is 2.62. The van der Waals surface area contributed by atoms with E-state index in [0.717, 1.165) is 5.69 Å². The Morgan fingerprint density at radius 2 is 1.79 bits per heavy atom. The van der Waals surface area contributed by atoms with Gasteiger partial charge in [-0.2, -0.15) is 0 Å². The minimum absolute atomic E-state index is 0.0312. The van der Waals surface area contributed by atoms with Gasteiger partial charge < -0.3 is 4.90 Å². The van der Waals surface area contributed by atoms with Crippen LogP contribution < -0.4 is 4.90 Å². The van der Waals surface area contributed by atoms with Crippen LogP contribution in [0.1, 0.15) is 6.92 Å². The molecule has 1 heterocycles. The predicted molar refractivity (Wildman–Crippen MR) is 77.2 cm³/mol. The molecule has 0 spiro atoms. The lowest BCUT2D eigenvalue weighted by Crippen LogP contribution is -2.33. The van der Waals surface area contributed by atoms with Gasteiger partial charge in [0.1, 0.15) is 0 Å². The summed E-state index contributed by atoms with van der Waals surface area (Å²) >= 11 is 1.36. The molecule has 2 rings (SSSR count). The second-order valence-corrected chi connectivity index (χ2v) is 5.33. The van der Waals surface area contributed by atoms with Crippen molar-refractivity contribution in [3.63, 3.8) is 0 Å². The van der Waals surface area contributed by atoms with E-state index in [2.05, 4.69) is 9.97 Å². The van der Waals surface area contributed by atoms with Gasteiger partial charge >= 0.3 is 0 Å². The van der Waals surface area contributed by atoms with E-state index in [4.69, 9.17) is 0 Å². The first kappa shape index (κ1) is 13.5. The third kappa shape index (κ3) is 3.54. The first-order valence-electron chi connectivity index (χ1n) is 5.95. The quantitative estimate of drug-likeness (QED) is 0.634. The molecule has 0 aliphatic heterocycles. The highest BCUT2D eigenvalue weighted by Crippen LogP contribution is 2.22. The summed E-state index contributed by atoms with van der Waals surface area (Å²) in [5.41, 5.74) is 0.883. The Bertz CT molecular complexity index is 533. The topological polar surface area (TPSA) is 46.1 Å². The van der Waals surface area contributed by atoms with Crippen LogP contribution in [0, 0.1) is 0 Å². The maximum absolute atomic E-state index is 12.3. The molecule has 0 bridgehead atoms. The molecule has 1 aromatic carbocycles. The van der Waals surface area contributed by atoms with Crippen LogP contribution in [0.15, 0.2) is 53.9 Å². The molecule has 0 saturated carbocycles. The summed E-state index contributed by atoms with van der Waals surface area (Å²) in [5, 5.41) is 0.386. The van der Waals surface area contributed by atoms with Gasteiger partial charge in [-0.1, -0.05) is 30.0 Å². The summed E-state index contributed by atoms with van der Waals surface area (Å²) in [7, 11) is 1.78. The van der Waals surface area contributed by atoms with Crippen molar-refractivity contribution in [1.82, 2.24) is 9.97 Å². The standard InChI is InChI=1S/C14H15N3OS/c1-11(19-14-15-9-6-10-16-14)13(18)17(2)12-7-4-3-5-8-12/h3-11H,1-2H3. The third-order valence-electron chi connectivity index (χ3n) is 2.65. The first-order chi connectivity index (χ1) is 9.18. The number of rotatable bonds is 4. The third-order valence-corrected chi connectivity index (χ3v) is 3.62. The number of nitrogens with zero attached hydrogens (tertiary/aromatic N) is 3.